The molecule has 7 nitrogen and oxygen atoms in total. The fraction of sp³-hybridized carbons (Fsp3) is 0.333. The first-order valence-corrected chi connectivity index (χ1v) is 9.85. The van der Waals surface area contributed by atoms with Crippen molar-refractivity contribution in [2.24, 2.45) is 7.05 Å². The first-order chi connectivity index (χ1) is 13.0. The van der Waals surface area contributed by atoms with E-state index in [1.165, 1.54) is 29.6 Å². The predicted molar refractivity (Wildman–Crippen MR) is 105 cm³/mol. The van der Waals surface area contributed by atoms with Gasteiger partial charge in [0.05, 0.1) is 5.75 Å². The zero-order valence-corrected chi connectivity index (χ0v) is 16.3. The maximum absolute atomic E-state index is 12.5. The SMILES string of the molecule is Cn1c(SCC(=O)N2CCCC2)ncc(C(=O)Nc2ccc(Cl)cc2)c1=O. The van der Waals surface area contributed by atoms with E-state index in [1.54, 1.807) is 24.3 Å². The number of rotatable bonds is 5. The van der Waals surface area contributed by atoms with Crippen LogP contribution in [0.1, 0.15) is 23.2 Å². The summed E-state index contributed by atoms with van der Waals surface area (Å²) in [5.41, 5.74) is -0.00336. The third kappa shape index (κ3) is 4.70. The van der Waals surface area contributed by atoms with Gasteiger partial charge in [0.2, 0.25) is 5.91 Å². The summed E-state index contributed by atoms with van der Waals surface area (Å²) >= 11 is 7.01. The van der Waals surface area contributed by atoms with Gasteiger partial charge in [0.25, 0.3) is 11.5 Å². The molecular weight excluding hydrogens is 388 g/mol. The Bertz CT molecular complexity index is 908. The van der Waals surface area contributed by atoms with Crippen molar-refractivity contribution >= 4 is 40.9 Å². The summed E-state index contributed by atoms with van der Waals surface area (Å²) < 4.78 is 1.29. The molecule has 0 unspecified atom stereocenters. The molecule has 142 valence electrons. The molecule has 0 bridgehead atoms. The fourth-order valence-electron chi connectivity index (χ4n) is 2.73. The summed E-state index contributed by atoms with van der Waals surface area (Å²) in [7, 11) is 1.54. The number of nitrogens with zero attached hydrogens (tertiary/aromatic N) is 3. The Labute approximate surface area is 165 Å². The van der Waals surface area contributed by atoms with E-state index < -0.39 is 11.5 Å². The van der Waals surface area contributed by atoms with Crippen molar-refractivity contribution in [1.82, 2.24) is 14.5 Å². The first kappa shape index (κ1) is 19.4. The third-order valence-corrected chi connectivity index (χ3v) is 5.54. The molecule has 0 spiro atoms. The molecule has 1 aliphatic heterocycles. The van der Waals surface area contributed by atoms with Gasteiger partial charge in [-0.05, 0) is 37.1 Å². The van der Waals surface area contributed by atoms with Gasteiger partial charge in [-0.2, -0.15) is 0 Å². The van der Waals surface area contributed by atoms with Crippen LogP contribution in [-0.4, -0.2) is 45.1 Å². The Morgan fingerprint density at radius 1 is 1.22 bits per heavy atom. The molecule has 2 heterocycles. The molecule has 2 amide bonds. The average molecular weight is 407 g/mol. The number of hydrogen-bond acceptors (Lipinski definition) is 5. The molecule has 27 heavy (non-hydrogen) atoms. The lowest BCUT2D eigenvalue weighted by molar-refractivity contribution is -0.127. The lowest BCUT2D eigenvalue weighted by atomic mass is 10.2. The van der Waals surface area contributed by atoms with Gasteiger partial charge in [0.15, 0.2) is 5.16 Å². The number of amides is 2. The summed E-state index contributed by atoms with van der Waals surface area (Å²) in [4.78, 5) is 43.0. The van der Waals surface area contributed by atoms with Gasteiger partial charge in [-0.15, -0.1) is 0 Å². The molecule has 1 fully saturated rings. The van der Waals surface area contributed by atoms with Crippen molar-refractivity contribution in [3.8, 4) is 0 Å². The van der Waals surface area contributed by atoms with Gasteiger partial charge in [0, 0.05) is 37.0 Å². The fourth-order valence-corrected chi connectivity index (χ4v) is 3.70. The second kappa shape index (κ2) is 8.58. The Kier molecular flexibility index (Phi) is 6.18. The molecule has 0 saturated carbocycles. The number of thioether (sulfide) groups is 1. The molecule has 1 saturated heterocycles. The Balaban J connectivity index is 1.68. The number of anilines is 1. The van der Waals surface area contributed by atoms with Crippen LogP contribution in [0, 0.1) is 0 Å². The number of likely N-dealkylation sites (tertiary alicyclic amines) is 1. The number of nitrogens with one attached hydrogen (secondary N) is 1. The largest absolute Gasteiger partial charge is 0.342 e. The highest BCUT2D eigenvalue weighted by atomic mass is 35.5. The number of carbonyl (C=O) groups excluding carboxylic acids is 2. The van der Waals surface area contributed by atoms with Crippen LogP contribution < -0.4 is 10.9 Å². The van der Waals surface area contributed by atoms with Crippen molar-refractivity contribution in [3.05, 3.63) is 51.4 Å². The molecule has 1 aliphatic rings. The quantitative estimate of drug-likeness (QED) is 0.608. The molecule has 1 aromatic carbocycles. The Morgan fingerprint density at radius 2 is 1.89 bits per heavy atom. The standard InChI is InChI=1S/C18H19ClN4O3S/c1-22-17(26)14(16(25)21-13-6-4-12(19)5-7-13)10-20-18(22)27-11-15(24)23-8-2-3-9-23/h4-7,10H,2-3,8-9,11H2,1H3,(H,21,25). The Hall–Kier alpha value is -2.32. The first-order valence-electron chi connectivity index (χ1n) is 8.49. The van der Waals surface area contributed by atoms with Gasteiger partial charge in [-0.1, -0.05) is 23.4 Å². The van der Waals surface area contributed by atoms with Gasteiger partial charge in [0.1, 0.15) is 5.56 Å². The topological polar surface area (TPSA) is 84.3 Å². The van der Waals surface area contributed by atoms with Crippen LogP contribution in [0.4, 0.5) is 5.69 Å². The maximum atomic E-state index is 12.5. The number of halogens is 1. The number of hydrogen-bond donors (Lipinski definition) is 1. The van der Waals surface area contributed by atoms with E-state index in [-0.39, 0.29) is 17.2 Å². The molecule has 1 aromatic heterocycles. The smallest absolute Gasteiger partial charge is 0.266 e. The van der Waals surface area contributed by atoms with Gasteiger partial charge in [-0.3, -0.25) is 19.0 Å². The number of benzene rings is 1. The minimum absolute atomic E-state index is 0.0382. The van der Waals surface area contributed by atoms with E-state index in [0.29, 0.717) is 15.9 Å². The molecule has 0 atom stereocenters. The second-order valence-electron chi connectivity index (χ2n) is 6.16. The maximum Gasteiger partial charge on any atom is 0.266 e. The van der Waals surface area contributed by atoms with Gasteiger partial charge in [-0.25, -0.2) is 4.98 Å². The summed E-state index contributed by atoms with van der Waals surface area (Å²) in [5, 5.41) is 3.59. The zero-order valence-electron chi connectivity index (χ0n) is 14.8. The van der Waals surface area contributed by atoms with Crippen LogP contribution in [0.5, 0.6) is 0 Å². The molecule has 1 N–H and O–H groups in total. The minimum Gasteiger partial charge on any atom is -0.342 e. The van der Waals surface area contributed by atoms with Crippen LogP contribution in [0.25, 0.3) is 0 Å². The number of aromatic nitrogens is 2. The van der Waals surface area contributed by atoms with E-state index in [4.69, 9.17) is 11.6 Å². The van der Waals surface area contributed by atoms with Crippen molar-refractivity contribution in [2.45, 2.75) is 18.0 Å². The highest BCUT2D eigenvalue weighted by Crippen LogP contribution is 2.17. The monoisotopic (exact) mass is 406 g/mol. The van der Waals surface area contributed by atoms with E-state index in [9.17, 15) is 14.4 Å². The van der Waals surface area contributed by atoms with Crippen molar-refractivity contribution in [2.75, 3.05) is 24.2 Å². The van der Waals surface area contributed by atoms with Gasteiger partial charge >= 0.3 is 0 Å². The van der Waals surface area contributed by atoms with E-state index >= 15 is 0 Å². The lowest BCUT2D eigenvalue weighted by Crippen LogP contribution is -2.31. The highest BCUT2D eigenvalue weighted by molar-refractivity contribution is 7.99. The molecule has 3 rings (SSSR count). The third-order valence-electron chi connectivity index (χ3n) is 4.26. The normalized spacial score (nSPS) is 13.6. The van der Waals surface area contributed by atoms with Crippen LogP contribution in [0.3, 0.4) is 0 Å². The summed E-state index contributed by atoms with van der Waals surface area (Å²) in [5.74, 6) is -0.289. The van der Waals surface area contributed by atoms with E-state index in [2.05, 4.69) is 10.3 Å². The highest BCUT2D eigenvalue weighted by Gasteiger charge is 2.20. The molecule has 0 radical (unpaired) electrons. The van der Waals surface area contributed by atoms with Crippen LogP contribution in [0.2, 0.25) is 5.02 Å². The molecule has 2 aromatic rings. The van der Waals surface area contributed by atoms with E-state index in [0.717, 1.165) is 25.9 Å². The van der Waals surface area contributed by atoms with Crippen molar-refractivity contribution in [1.29, 1.82) is 0 Å². The molecular formula is C18H19ClN4O3S. The van der Waals surface area contributed by atoms with E-state index in [1.807, 2.05) is 4.90 Å². The van der Waals surface area contributed by atoms with Crippen molar-refractivity contribution in [3.63, 3.8) is 0 Å². The number of carbonyl (C=O) groups is 2. The summed E-state index contributed by atoms with van der Waals surface area (Å²) in [6.45, 7) is 1.57. The summed E-state index contributed by atoms with van der Waals surface area (Å²) in [6, 6.07) is 6.58. The van der Waals surface area contributed by atoms with Crippen LogP contribution in [0.15, 0.2) is 40.4 Å². The minimum atomic E-state index is -0.546. The predicted octanol–water partition coefficient (Wildman–Crippen LogP) is 2.40. The van der Waals surface area contributed by atoms with Crippen LogP contribution >= 0.6 is 23.4 Å². The van der Waals surface area contributed by atoms with Crippen LogP contribution in [-0.2, 0) is 11.8 Å². The summed E-state index contributed by atoms with van der Waals surface area (Å²) in [6.07, 6.45) is 3.31. The second-order valence-corrected chi connectivity index (χ2v) is 7.54. The average Bonchev–Trinajstić information content (AvgIpc) is 3.19. The van der Waals surface area contributed by atoms with Crippen molar-refractivity contribution < 1.29 is 9.59 Å². The Morgan fingerprint density at radius 3 is 2.56 bits per heavy atom. The zero-order chi connectivity index (χ0) is 19.4. The van der Waals surface area contributed by atoms with Gasteiger partial charge < -0.3 is 10.2 Å². The molecule has 0 aliphatic carbocycles. The lowest BCUT2D eigenvalue weighted by Gasteiger charge is -2.15. The molecule has 9 heteroatoms.